The van der Waals surface area contributed by atoms with Crippen LogP contribution in [0.4, 0.5) is 0 Å². The summed E-state index contributed by atoms with van der Waals surface area (Å²) in [7, 11) is 3.96. The second kappa shape index (κ2) is 10.4. The highest BCUT2D eigenvalue weighted by molar-refractivity contribution is 7.16. The topological polar surface area (TPSA) is 93.1 Å². The predicted octanol–water partition coefficient (Wildman–Crippen LogP) is 3.47. The van der Waals surface area contributed by atoms with E-state index >= 15 is 0 Å². The first-order chi connectivity index (χ1) is 14.5. The van der Waals surface area contributed by atoms with Gasteiger partial charge in [-0.3, -0.25) is 14.8 Å². The molecule has 0 radical (unpaired) electrons. The third kappa shape index (κ3) is 5.94. The fourth-order valence-corrected chi connectivity index (χ4v) is 3.64. The van der Waals surface area contributed by atoms with Gasteiger partial charge in [-0.15, -0.1) is 11.3 Å². The lowest BCUT2D eigenvalue weighted by Gasteiger charge is -2.20. The molecule has 1 unspecified atom stereocenters. The number of thiazole rings is 1. The molecule has 3 rings (SSSR count). The molecular weight excluding hydrogens is 424 g/mol. The van der Waals surface area contributed by atoms with Crippen LogP contribution in [0.25, 0.3) is 10.6 Å². The monoisotopic (exact) mass is 446 g/mol. The van der Waals surface area contributed by atoms with Crippen molar-refractivity contribution in [3.63, 3.8) is 0 Å². The number of amides is 1. The smallest absolute Gasteiger partial charge is 0.280 e. The van der Waals surface area contributed by atoms with Crippen LogP contribution >= 0.6 is 22.9 Å². The Hall–Kier alpha value is -2.62. The van der Waals surface area contributed by atoms with Gasteiger partial charge in [0, 0.05) is 17.4 Å². The van der Waals surface area contributed by atoms with Gasteiger partial charge in [0.1, 0.15) is 5.69 Å². The Morgan fingerprint density at radius 2 is 2.13 bits per heavy atom. The quantitative estimate of drug-likeness (QED) is 0.537. The van der Waals surface area contributed by atoms with Gasteiger partial charge in [0.25, 0.3) is 5.91 Å². The Bertz CT molecular complexity index is 997. The lowest BCUT2D eigenvalue weighted by Crippen LogP contribution is -2.31. The van der Waals surface area contributed by atoms with Crippen molar-refractivity contribution >= 4 is 28.8 Å². The number of hydrogen-bond acceptors (Lipinski definition) is 8. The van der Waals surface area contributed by atoms with E-state index in [0.717, 1.165) is 11.4 Å². The summed E-state index contributed by atoms with van der Waals surface area (Å²) in [6.45, 7) is 3.16. The number of aromatic nitrogens is 4. The van der Waals surface area contributed by atoms with Crippen LogP contribution in [0.5, 0.6) is 5.88 Å². The van der Waals surface area contributed by atoms with Crippen molar-refractivity contribution in [2.75, 3.05) is 27.2 Å². The molecule has 3 aromatic heterocycles. The van der Waals surface area contributed by atoms with Crippen molar-refractivity contribution < 1.29 is 9.53 Å². The van der Waals surface area contributed by atoms with Crippen molar-refractivity contribution in [3.05, 3.63) is 52.6 Å². The fraction of sp³-hybridized carbons (Fsp3) is 0.350. The molecule has 3 aromatic rings. The molecule has 0 aliphatic carbocycles. The second-order valence-corrected chi connectivity index (χ2v) is 8.19. The Kier molecular flexibility index (Phi) is 7.67. The molecule has 30 heavy (non-hydrogen) atoms. The second-order valence-electron chi connectivity index (χ2n) is 6.72. The lowest BCUT2D eigenvalue weighted by molar-refractivity contribution is 0.0931. The zero-order chi connectivity index (χ0) is 21.5. The van der Waals surface area contributed by atoms with Gasteiger partial charge in [-0.05, 0) is 46.1 Å². The van der Waals surface area contributed by atoms with Gasteiger partial charge in [-0.2, -0.15) is 0 Å². The van der Waals surface area contributed by atoms with Crippen LogP contribution in [0.15, 0.2) is 36.9 Å². The molecule has 1 atom stereocenters. The molecule has 0 aliphatic heterocycles. The summed E-state index contributed by atoms with van der Waals surface area (Å²) in [5.74, 6) is 0.163. The minimum atomic E-state index is -0.285. The number of hydrogen-bond donors (Lipinski definition) is 1. The molecule has 0 spiro atoms. The molecule has 3 heterocycles. The molecule has 0 saturated heterocycles. The van der Waals surface area contributed by atoms with Crippen molar-refractivity contribution in [1.82, 2.24) is 30.2 Å². The maximum absolute atomic E-state index is 12.9. The lowest BCUT2D eigenvalue weighted by atomic mass is 10.1. The summed E-state index contributed by atoms with van der Waals surface area (Å²) >= 11 is 7.36. The van der Waals surface area contributed by atoms with Gasteiger partial charge >= 0.3 is 0 Å². The van der Waals surface area contributed by atoms with Gasteiger partial charge in [-0.25, -0.2) is 9.97 Å². The van der Waals surface area contributed by atoms with E-state index in [2.05, 4.69) is 30.2 Å². The Morgan fingerprint density at radius 3 is 2.87 bits per heavy atom. The molecule has 0 aliphatic rings. The van der Waals surface area contributed by atoms with E-state index in [-0.39, 0.29) is 11.9 Å². The van der Waals surface area contributed by atoms with Gasteiger partial charge in [-0.1, -0.05) is 11.6 Å². The van der Waals surface area contributed by atoms with Crippen molar-refractivity contribution in [2.24, 2.45) is 0 Å². The van der Waals surface area contributed by atoms with Crippen LogP contribution in [0.3, 0.4) is 0 Å². The number of nitrogens with one attached hydrogen (secondary N) is 1. The minimum absolute atomic E-state index is 0.272. The largest absolute Gasteiger partial charge is 0.477 e. The van der Waals surface area contributed by atoms with Gasteiger partial charge in [0.15, 0.2) is 5.01 Å². The third-order valence-electron chi connectivity index (χ3n) is 4.13. The molecule has 1 amide bonds. The van der Waals surface area contributed by atoms with Gasteiger partial charge in [0.05, 0.1) is 35.6 Å². The van der Waals surface area contributed by atoms with E-state index in [1.54, 1.807) is 36.9 Å². The molecular formula is C20H23ClN6O2S. The zero-order valence-electron chi connectivity index (χ0n) is 17.0. The maximum atomic E-state index is 12.9. The number of ether oxygens (including phenoxy) is 1. The van der Waals surface area contributed by atoms with Crippen LogP contribution in [0.1, 0.15) is 34.9 Å². The molecule has 0 aromatic carbocycles. The molecule has 0 saturated carbocycles. The zero-order valence-corrected chi connectivity index (χ0v) is 18.6. The van der Waals surface area contributed by atoms with Crippen LogP contribution in [0, 0.1) is 0 Å². The highest BCUT2D eigenvalue weighted by Gasteiger charge is 2.20. The summed E-state index contributed by atoms with van der Waals surface area (Å²) in [5.41, 5.74) is 1.32. The van der Waals surface area contributed by atoms with Crippen LogP contribution in [0.2, 0.25) is 5.02 Å². The molecule has 1 N–H and O–H groups in total. The van der Waals surface area contributed by atoms with Gasteiger partial charge in [0.2, 0.25) is 5.88 Å². The van der Waals surface area contributed by atoms with Crippen LogP contribution in [-0.4, -0.2) is 58.0 Å². The highest BCUT2D eigenvalue weighted by atomic mass is 35.5. The molecule has 158 valence electrons. The SMILES string of the molecule is CCOc1cncc(-c2cnc(C(=O)NC(CCN(C)C)c3cc(Cl)ccn3)s2)n1. The first-order valence-corrected chi connectivity index (χ1v) is 10.6. The first kappa shape index (κ1) is 22.1. The number of carbonyl (C=O) groups is 1. The van der Waals surface area contributed by atoms with Crippen molar-refractivity contribution in [2.45, 2.75) is 19.4 Å². The summed E-state index contributed by atoms with van der Waals surface area (Å²) in [6, 6.07) is 3.19. The number of carbonyl (C=O) groups excluding carboxylic acids is 1. The third-order valence-corrected chi connectivity index (χ3v) is 5.38. The summed E-state index contributed by atoms with van der Waals surface area (Å²) < 4.78 is 5.39. The average molecular weight is 447 g/mol. The maximum Gasteiger partial charge on any atom is 0.280 e. The van der Waals surface area contributed by atoms with E-state index < -0.39 is 0 Å². The van der Waals surface area contributed by atoms with Gasteiger partial charge < -0.3 is 15.0 Å². The van der Waals surface area contributed by atoms with E-state index in [9.17, 15) is 4.79 Å². The van der Waals surface area contributed by atoms with Crippen molar-refractivity contribution in [3.8, 4) is 16.5 Å². The van der Waals surface area contributed by atoms with Crippen LogP contribution in [-0.2, 0) is 0 Å². The average Bonchev–Trinajstić information content (AvgIpc) is 3.22. The molecule has 8 nitrogen and oxygen atoms in total. The Morgan fingerprint density at radius 1 is 1.30 bits per heavy atom. The highest BCUT2D eigenvalue weighted by Crippen LogP contribution is 2.26. The summed E-state index contributed by atoms with van der Waals surface area (Å²) in [5, 5.41) is 3.94. The molecule has 0 bridgehead atoms. The summed E-state index contributed by atoms with van der Waals surface area (Å²) in [4.78, 5) is 32.8. The molecule has 0 fully saturated rings. The van der Waals surface area contributed by atoms with E-state index in [0.29, 0.717) is 40.3 Å². The van der Waals surface area contributed by atoms with Crippen LogP contribution < -0.4 is 10.1 Å². The molecule has 10 heteroatoms. The summed E-state index contributed by atoms with van der Waals surface area (Å²) in [6.07, 6.45) is 7.11. The first-order valence-electron chi connectivity index (χ1n) is 9.44. The van der Waals surface area contributed by atoms with Crippen molar-refractivity contribution in [1.29, 1.82) is 0 Å². The Balaban J connectivity index is 1.77. The van der Waals surface area contributed by atoms with E-state index in [1.807, 2.05) is 21.0 Å². The number of nitrogens with zero attached hydrogens (tertiary/aromatic N) is 5. The number of halogens is 1. The number of rotatable bonds is 9. The predicted molar refractivity (Wildman–Crippen MR) is 117 cm³/mol. The normalized spacial score (nSPS) is 12.0. The fourth-order valence-electron chi connectivity index (χ4n) is 2.69. The minimum Gasteiger partial charge on any atom is -0.477 e. The van der Waals surface area contributed by atoms with E-state index in [1.165, 1.54) is 11.3 Å². The standard InChI is InChI=1S/C20H23ClN6O2S/c1-4-29-18-12-22-10-16(25-18)17-11-24-20(30-17)19(28)26-14(6-8-27(2)3)15-9-13(21)5-7-23-15/h5,7,9-12,14H,4,6,8H2,1-3H3,(H,26,28). The Labute approximate surface area is 184 Å². The number of pyridine rings is 1. The van der Waals surface area contributed by atoms with E-state index in [4.69, 9.17) is 16.3 Å².